The normalized spacial score (nSPS) is 9.61. The van der Waals surface area contributed by atoms with Gasteiger partial charge in [0.15, 0.2) is 0 Å². The molecule has 1 N–H and O–H groups in total. The minimum atomic E-state index is 0.881. The number of rotatable bonds is 3. The second-order valence-electron chi connectivity index (χ2n) is 4.10. The SMILES string of the molecule is CNCCC#Cc1cccc(-c2ccccc2)c1. The molecular formula is C17H17N. The van der Waals surface area contributed by atoms with Gasteiger partial charge in [-0.05, 0) is 30.3 Å². The summed E-state index contributed by atoms with van der Waals surface area (Å²) in [6.45, 7) is 0.936. The smallest absolute Gasteiger partial charge is 0.0251 e. The van der Waals surface area contributed by atoms with Crippen LogP contribution in [-0.4, -0.2) is 13.6 Å². The molecule has 0 spiro atoms. The summed E-state index contributed by atoms with van der Waals surface area (Å²) in [5.74, 6) is 6.37. The summed E-state index contributed by atoms with van der Waals surface area (Å²) in [7, 11) is 1.94. The molecule has 0 unspecified atom stereocenters. The van der Waals surface area contributed by atoms with Crippen molar-refractivity contribution < 1.29 is 0 Å². The summed E-state index contributed by atoms with van der Waals surface area (Å²) >= 11 is 0. The van der Waals surface area contributed by atoms with Gasteiger partial charge in [0.25, 0.3) is 0 Å². The van der Waals surface area contributed by atoms with Crippen LogP contribution in [0.15, 0.2) is 54.6 Å². The van der Waals surface area contributed by atoms with Gasteiger partial charge in [-0.15, -0.1) is 0 Å². The van der Waals surface area contributed by atoms with E-state index >= 15 is 0 Å². The molecule has 0 bridgehead atoms. The van der Waals surface area contributed by atoms with E-state index in [1.165, 1.54) is 11.1 Å². The Balaban J connectivity index is 2.17. The van der Waals surface area contributed by atoms with Crippen LogP contribution in [0.3, 0.4) is 0 Å². The number of hydrogen-bond acceptors (Lipinski definition) is 1. The molecule has 90 valence electrons. The maximum Gasteiger partial charge on any atom is 0.0251 e. The maximum atomic E-state index is 3.20. The zero-order valence-electron chi connectivity index (χ0n) is 10.6. The first-order valence-corrected chi connectivity index (χ1v) is 6.19. The highest BCUT2D eigenvalue weighted by Crippen LogP contribution is 2.19. The van der Waals surface area contributed by atoms with Crippen molar-refractivity contribution in [3.05, 3.63) is 60.2 Å². The van der Waals surface area contributed by atoms with Gasteiger partial charge in [0.2, 0.25) is 0 Å². The van der Waals surface area contributed by atoms with Crippen LogP contribution in [-0.2, 0) is 0 Å². The Hall–Kier alpha value is -2.04. The lowest BCUT2D eigenvalue weighted by molar-refractivity contribution is 0.818. The first kappa shape index (κ1) is 12.4. The molecule has 0 amide bonds. The van der Waals surface area contributed by atoms with Crippen LogP contribution in [0.4, 0.5) is 0 Å². The molecule has 0 aliphatic carbocycles. The zero-order chi connectivity index (χ0) is 12.6. The van der Waals surface area contributed by atoms with Crippen molar-refractivity contribution in [2.45, 2.75) is 6.42 Å². The lowest BCUT2D eigenvalue weighted by Gasteiger charge is -2.01. The van der Waals surface area contributed by atoms with Gasteiger partial charge in [-0.25, -0.2) is 0 Å². The molecule has 1 nitrogen and oxygen atoms in total. The van der Waals surface area contributed by atoms with E-state index < -0.39 is 0 Å². The second kappa shape index (κ2) is 6.64. The van der Waals surface area contributed by atoms with Crippen LogP contribution >= 0.6 is 0 Å². The lowest BCUT2D eigenvalue weighted by atomic mass is 10.0. The predicted octanol–water partition coefficient (Wildman–Crippen LogP) is 3.31. The van der Waals surface area contributed by atoms with E-state index in [9.17, 15) is 0 Å². The van der Waals surface area contributed by atoms with Crippen LogP contribution in [0.1, 0.15) is 12.0 Å². The molecule has 2 rings (SSSR count). The molecule has 0 atom stereocenters. The van der Waals surface area contributed by atoms with Crippen molar-refractivity contribution in [1.29, 1.82) is 0 Å². The Bertz CT molecular complexity index is 547. The molecule has 1 heteroatoms. The topological polar surface area (TPSA) is 12.0 Å². The molecule has 0 aliphatic rings. The van der Waals surface area contributed by atoms with Crippen LogP contribution in [0.25, 0.3) is 11.1 Å². The molecule has 2 aromatic rings. The fourth-order valence-electron chi connectivity index (χ4n) is 1.76. The third-order valence-electron chi connectivity index (χ3n) is 2.70. The molecule has 0 fully saturated rings. The average Bonchev–Trinajstić information content (AvgIpc) is 2.45. The fraction of sp³-hybridized carbons (Fsp3) is 0.176. The van der Waals surface area contributed by atoms with Crippen LogP contribution in [0.5, 0.6) is 0 Å². The van der Waals surface area contributed by atoms with Crippen LogP contribution in [0.2, 0.25) is 0 Å². The molecule has 0 saturated carbocycles. The van der Waals surface area contributed by atoms with Gasteiger partial charge < -0.3 is 5.32 Å². The van der Waals surface area contributed by atoms with Gasteiger partial charge in [0, 0.05) is 18.5 Å². The van der Waals surface area contributed by atoms with E-state index in [1.54, 1.807) is 0 Å². The first-order valence-electron chi connectivity index (χ1n) is 6.19. The Morgan fingerprint density at radius 1 is 0.944 bits per heavy atom. The first-order chi connectivity index (χ1) is 8.90. The Morgan fingerprint density at radius 3 is 2.50 bits per heavy atom. The van der Waals surface area contributed by atoms with Gasteiger partial charge in [0.1, 0.15) is 0 Å². The average molecular weight is 235 g/mol. The maximum absolute atomic E-state index is 3.20. The lowest BCUT2D eigenvalue weighted by Crippen LogP contribution is -2.05. The van der Waals surface area contributed by atoms with Gasteiger partial charge in [-0.3, -0.25) is 0 Å². The van der Waals surface area contributed by atoms with Crippen LogP contribution in [0, 0.1) is 11.8 Å². The molecule has 2 aromatic carbocycles. The Kier molecular flexibility index (Phi) is 4.58. The molecule has 0 aromatic heterocycles. The van der Waals surface area contributed by atoms with Crippen molar-refractivity contribution in [2.24, 2.45) is 0 Å². The van der Waals surface area contributed by atoms with E-state index in [0.717, 1.165) is 18.5 Å². The quantitative estimate of drug-likeness (QED) is 0.635. The Morgan fingerprint density at radius 2 is 1.72 bits per heavy atom. The standard InChI is InChI=1S/C17H17N/c1-18-13-6-5-8-15-9-7-12-17(14-15)16-10-3-2-4-11-16/h2-4,7,9-12,14,18H,6,13H2,1H3. The van der Waals surface area contributed by atoms with Gasteiger partial charge in [-0.1, -0.05) is 54.3 Å². The third-order valence-corrected chi connectivity index (χ3v) is 2.70. The largest absolute Gasteiger partial charge is 0.319 e. The monoisotopic (exact) mass is 235 g/mol. The van der Waals surface area contributed by atoms with Gasteiger partial charge in [0.05, 0.1) is 0 Å². The van der Waals surface area contributed by atoms with Gasteiger partial charge in [-0.2, -0.15) is 0 Å². The number of hydrogen-bond donors (Lipinski definition) is 1. The molecule has 18 heavy (non-hydrogen) atoms. The van der Waals surface area contributed by atoms with E-state index in [4.69, 9.17) is 0 Å². The highest BCUT2D eigenvalue weighted by Gasteiger charge is 1.96. The summed E-state index contributed by atoms with van der Waals surface area (Å²) in [5.41, 5.74) is 3.53. The molecule has 0 aliphatic heterocycles. The minimum Gasteiger partial charge on any atom is -0.319 e. The summed E-state index contributed by atoms with van der Waals surface area (Å²) in [6, 6.07) is 18.8. The van der Waals surface area contributed by atoms with Crippen molar-refractivity contribution in [3.63, 3.8) is 0 Å². The van der Waals surface area contributed by atoms with E-state index in [1.807, 2.05) is 13.1 Å². The van der Waals surface area contributed by atoms with E-state index in [-0.39, 0.29) is 0 Å². The minimum absolute atomic E-state index is 0.881. The van der Waals surface area contributed by atoms with Crippen molar-refractivity contribution in [3.8, 4) is 23.0 Å². The van der Waals surface area contributed by atoms with Crippen LogP contribution < -0.4 is 5.32 Å². The highest BCUT2D eigenvalue weighted by molar-refractivity contribution is 5.65. The van der Waals surface area contributed by atoms with Crippen molar-refractivity contribution in [2.75, 3.05) is 13.6 Å². The van der Waals surface area contributed by atoms with E-state index in [2.05, 4.69) is 65.7 Å². The van der Waals surface area contributed by atoms with E-state index in [0.29, 0.717) is 0 Å². The number of nitrogens with one attached hydrogen (secondary N) is 1. The molecule has 0 saturated heterocycles. The third kappa shape index (κ3) is 3.48. The fourth-order valence-corrected chi connectivity index (χ4v) is 1.76. The van der Waals surface area contributed by atoms with Gasteiger partial charge >= 0.3 is 0 Å². The van der Waals surface area contributed by atoms with Crippen molar-refractivity contribution >= 4 is 0 Å². The zero-order valence-corrected chi connectivity index (χ0v) is 10.6. The predicted molar refractivity (Wildman–Crippen MR) is 77.3 cm³/mol. The summed E-state index contributed by atoms with van der Waals surface area (Å²) < 4.78 is 0. The molecular weight excluding hydrogens is 218 g/mol. The van der Waals surface area contributed by atoms with Crippen molar-refractivity contribution in [1.82, 2.24) is 5.32 Å². The molecule has 0 radical (unpaired) electrons. The highest BCUT2D eigenvalue weighted by atomic mass is 14.8. The Labute approximate surface area is 109 Å². The molecule has 0 heterocycles. The summed E-state index contributed by atoms with van der Waals surface area (Å²) in [5, 5.41) is 3.09. The number of benzene rings is 2. The summed E-state index contributed by atoms with van der Waals surface area (Å²) in [4.78, 5) is 0. The second-order valence-corrected chi connectivity index (χ2v) is 4.10. The summed E-state index contributed by atoms with van der Waals surface area (Å²) in [6.07, 6.45) is 0.881.